The highest BCUT2D eigenvalue weighted by atomic mass is 79.9. The molecule has 0 saturated carbocycles. The van der Waals surface area contributed by atoms with Gasteiger partial charge in [0.15, 0.2) is 6.29 Å². The molecule has 0 saturated heterocycles. The lowest BCUT2D eigenvalue weighted by Gasteiger charge is -2.05. The average Bonchev–Trinajstić information content (AvgIpc) is 1.96. The van der Waals surface area contributed by atoms with E-state index >= 15 is 0 Å². The summed E-state index contributed by atoms with van der Waals surface area (Å²) in [4.78, 5) is 0. The summed E-state index contributed by atoms with van der Waals surface area (Å²) < 4.78 is 25.4. The van der Waals surface area contributed by atoms with E-state index in [9.17, 15) is 8.78 Å². The SMILES string of the molecule is OC(O)c1cc(F)c(Br)cc1F. The fourth-order valence-electron chi connectivity index (χ4n) is 0.736. The number of aliphatic hydroxyl groups excluding tert-OH is 1. The van der Waals surface area contributed by atoms with Gasteiger partial charge in [-0.2, -0.15) is 0 Å². The van der Waals surface area contributed by atoms with E-state index in [1.54, 1.807) is 0 Å². The van der Waals surface area contributed by atoms with E-state index < -0.39 is 23.5 Å². The summed E-state index contributed by atoms with van der Waals surface area (Å²) in [6.45, 7) is 0. The van der Waals surface area contributed by atoms with Gasteiger partial charge in [-0.1, -0.05) is 0 Å². The molecule has 0 atom stereocenters. The second kappa shape index (κ2) is 3.47. The molecule has 2 nitrogen and oxygen atoms in total. The van der Waals surface area contributed by atoms with Crippen molar-refractivity contribution < 1.29 is 19.0 Å². The van der Waals surface area contributed by atoms with Gasteiger partial charge in [-0.05, 0) is 28.1 Å². The van der Waals surface area contributed by atoms with Crippen LogP contribution in [0.25, 0.3) is 0 Å². The molecule has 0 aliphatic heterocycles. The molecule has 0 heterocycles. The molecule has 0 aliphatic carbocycles. The molecule has 0 bridgehead atoms. The summed E-state index contributed by atoms with van der Waals surface area (Å²) in [7, 11) is 0. The molecule has 66 valence electrons. The van der Waals surface area contributed by atoms with Gasteiger partial charge < -0.3 is 10.2 Å². The fraction of sp³-hybridized carbons (Fsp3) is 0.143. The van der Waals surface area contributed by atoms with Gasteiger partial charge in [0.2, 0.25) is 0 Å². The molecule has 0 radical (unpaired) electrons. The number of aliphatic hydroxyl groups is 2. The predicted molar refractivity (Wildman–Crippen MR) is 41.2 cm³/mol. The fourth-order valence-corrected chi connectivity index (χ4v) is 1.05. The van der Waals surface area contributed by atoms with E-state index in [4.69, 9.17) is 10.2 Å². The zero-order valence-corrected chi connectivity index (χ0v) is 7.35. The minimum atomic E-state index is -1.99. The van der Waals surface area contributed by atoms with E-state index in [2.05, 4.69) is 15.9 Å². The first-order valence-electron chi connectivity index (χ1n) is 3.03. The maximum atomic E-state index is 12.8. The van der Waals surface area contributed by atoms with Crippen molar-refractivity contribution in [3.8, 4) is 0 Å². The third-order valence-electron chi connectivity index (χ3n) is 1.32. The second-order valence-electron chi connectivity index (χ2n) is 2.16. The summed E-state index contributed by atoms with van der Waals surface area (Å²) in [5.41, 5.74) is -0.476. The molecule has 1 aromatic carbocycles. The lowest BCUT2D eigenvalue weighted by atomic mass is 10.2. The summed E-state index contributed by atoms with van der Waals surface area (Å²) in [6, 6.07) is 1.56. The van der Waals surface area contributed by atoms with Crippen LogP contribution in [0.5, 0.6) is 0 Å². The van der Waals surface area contributed by atoms with Crippen LogP contribution in [0.1, 0.15) is 11.9 Å². The lowest BCUT2D eigenvalue weighted by molar-refractivity contribution is -0.0451. The van der Waals surface area contributed by atoms with E-state index in [1.165, 1.54) is 0 Å². The number of rotatable bonds is 1. The van der Waals surface area contributed by atoms with Crippen molar-refractivity contribution >= 4 is 15.9 Å². The highest BCUT2D eigenvalue weighted by Crippen LogP contribution is 2.22. The first-order chi connectivity index (χ1) is 5.52. The monoisotopic (exact) mass is 238 g/mol. The molecule has 1 aromatic rings. The minimum absolute atomic E-state index is 0.0515. The molecule has 0 fully saturated rings. The van der Waals surface area contributed by atoms with Crippen LogP contribution in [0.4, 0.5) is 8.78 Å². The molecular weight excluding hydrogens is 234 g/mol. The van der Waals surface area contributed by atoms with Crippen LogP contribution in [0, 0.1) is 11.6 Å². The Morgan fingerprint density at radius 1 is 1.17 bits per heavy atom. The van der Waals surface area contributed by atoms with Crippen molar-refractivity contribution in [2.75, 3.05) is 0 Å². The van der Waals surface area contributed by atoms with Crippen LogP contribution in [0.2, 0.25) is 0 Å². The Morgan fingerprint density at radius 2 is 1.75 bits per heavy atom. The molecule has 12 heavy (non-hydrogen) atoms. The Kier molecular flexibility index (Phi) is 2.76. The second-order valence-corrected chi connectivity index (χ2v) is 3.02. The largest absolute Gasteiger partial charge is 0.364 e. The zero-order chi connectivity index (χ0) is 9.30. The van der Waals surface area contributed by atoms with Crippen molar-refractivity contribution in [2.45, 2.75) is 6.29 Å². The minimum Gasteiger partial charge on any atom is -0.364 e. The molecule has 0 unspecified atom stereocenters. The summed E-state index contributed by atoms with van der Waals surface area (Å²) in [5.74, 6) is -1.60. The zero-order valence-electron chi connectivity index (χ0n) is 5.76. The van der Waals surface area contributed by atoms with Crippen molar-refractivity contribution in [3.63, 3.8) is 0 Å². The van der Waals surface area contributed by atoms with Crippen LogP contribution >= 0.6 is 15.9 Å². The van der Waals surface area contributed by atoms with Crippen molar-refractivity contribution in [2.24, 2.45) is 0 Å². The quantitative estimate of drug-likeness (QED) is 0.578. The molecular formula is C7H5BrF2O2. The van der Waals surface area contributed by atoms with Crippen LogP contribution in [0.15, 0.2) is 16.6 Å². The van der Waals surface area contributed by atoms with E-state index in [0.717, 1.165) is 12.1 Å². The Balaban J connectivity index is 3.23. The van der Waals surface area contributed by atoms with Gasteiger partial charge in [0.05, 0.1) is 4.47 Å². The molecule has 5 heteroatoms. The average molecular weight is 239 g/mol. The van der Waals surface area contributed by atoms with E-state index in [-0.39, 0.29) is 4.47 Å². The van der Waals surface area contributed by atoms with Gasteiger partial charge in [-0.25, -0.2) is 8.78 Å². The summed E-state index contributed by atoms with van der Waals surface area (Å²) in [6.07, 6.45) is -1.99. The van der Waals surface area contributed by atoms with Crippen molar-refractivity contribution in [1.82, 2.24) is 0 Å². The highest BCUT2D eigenvalue weighted by Gasteiger charge is 2.12. The standard InChI is InChI=1S/C7H5BrF2O2/c8-4-2-5(9)3(7(11)12)1-6(4)10/h1-2,7,11-12H. The smallest absolute Gasteiger partial charge is 0.181 e. The number of halogens is 3. The number of benzene rings is 1. The molecule has 0 amide bonds. The Bertz CT molecular complexity index is 302. The van der Waals surface area contributed by atoms with Gasteiger partial charge in [0.1, 0.15) is 11.6 Å². The number of hydrogen-bond donors (Lipinski definition) is 2. The van der Waals surface area contributed by atoms with Crippen molar-refractivity contribution in [3.05, 3.63) is 33.8 Å². The van der Waals surface area contributed by atoms with E-state index in [0.29, 0.717) is 0 Å². The summed E-state index contributed by atoms with van der Waals surface area (Å²) in [5, 5.41) is 17.1. The van der Waals surface area contributed by atoms with Crippen LogP contribution in [-0.4, -0.2) is 10.2 Å². The maximum absolute atomic E-state index is 12.8. The number of hydrogen-bond acceptors (Lipinski definition) is 2. The first-order valence-corrected chi connectivity index (χ1v) is 3.82. The molecule has 0 spiro atoms. The van der Waals surface area contributed by atoms with Crippen LogP contribution < -0.4 is 0 Å². The normalized spacial score (nSPS) is 10.8. The lowest BCUT2D eigenvalue weighted by Crippen LogP contribution is -2.00. The first kappa shape index (κ1) is 9.57. The maximum Gasteiger partial charge on any atom is 0.181 e. The van der Waals surface area contributed by atoms with Gasteiger partial charge in [0.25, 0.3) is 0 Å². The van der Waals surface area contributed by atoms with Gasteiger partial charge in [-0.3, -0.25) is 0 Å². The summed E-state index contributed by atoms with van der Waals surface area (Å²) >= 11 is 2.75. The third kappa shape index (κ3) is 1.80. The van der Waals surface area contributed by atoms with Crippen LogP contribution in [-0.2, 0) is 0 Å². The van der Waals surface area contributed by atoms with Gasteiger partial charge in [0, 0.05) is 5.56 Å². The van der Waals surface area contributed by atoms with Gasteiger partial charge >= 0.3 is 0 Å². The Hall–Kier alpha value is -0.520. The molecule has 0 aromatic heterocycles. The Morgan fingerprint density at radius 3 is 2.25 bits per heavy atom. The predicted octanol–water partition coefficient (Wildman–Crippen LogP) is 1.71. The highest BCUT2D eigenvalue weighted by molar-refractivity contribution is 9.10. The van der Waals surface area contributed by atoms with Crippen molar-refractivity contribution in [1.29, 1.82) is 0 Å². The molecule has 0 aliphatic rings. The third-order valence-corrected chi connectivity index (χ3v) is 1.93. The van der Waals surface area contributed by atoms with Crippen LogP contribution in [0.3, 0.4) is 0 Å². The molecule has 2 N–H and O–H groups in total. The van der Waals surface area contributed by atoms with E-state index in [1.807, 2.05) is 0 Å². The Labute approximate surface area is 75.6 Å². The van der Waals surface area contributed by atoms with Gasteiger partial charge in [-0.15, -0.1) is 0 Å². The topological polar surface area (TPSA) is 40.5 Å². The molecule has 1 rings (SSSR count).